The Bertz CT molecular complexity index is 91.1. The van der Waals surface area contributed by atoms with Gasteiger partial charge in [-0.05, 0) is 19.3 Å². The van der Waals surface area contributed by atoms with Crippen LogP contribution in [0.5, 0.6) is 0 Å². The zero-order valence-electron chi connectivity index (χ0n) is 9.64. The Hall–Kier alpha value is -0.0400. The van der Waals surface area contributed by atoms with Crippen LogP contribution in [0, 0.1) is 0 Å². The summed E-state index contributed by atoms with van der Waals surface area (Å²) in [6, 6.07) is 0. The second kappa shape index (κ2) is 10.0. The first-order valence-electron chi connectivity index (χ1n) is 5.96. The Morgan fingerprint density at radius 3 is 2.23 bits per heavy atom. The summed E-state index contributed by atoms with van der Waals surface area (Å²) in [4.78, 5) is 0. The van der Waals surface area contributed by atoms with Gasteiger partial charge in [-0.3, -0.25) is 0 Å². The molecule has 0 radical (unpaired) electrons. The van der Waals surface area contributed by atoms with E-state index in [0.717, 1.165) is 13.0 Å². The molecule has 0 aliphatic rings. The van der Waals surface area contributed by atoms with E-state index in [1.807, 2.05) is 0 Å². The van der Waals surface area contributed by atoms with Crippen molar-refractivity contribution in [3.63, 3.8) is 0 Å². The summed E-state index contributed by atoms with van der Waals surface area (Å²) in [5.41, 5.74) is 0. The maximum atomic E-state index is 5.72. The van der Waals surface area contributed by atoms with E-state index in [-0.39, 0.29) is 0 Å². The monoisotopic (exact) mass is 186 g/mol. The van der Waals surface area contributed by atoms with Gasteiger partial charge in [-0.2, -0.15) is 0 Å². The first-order valence-corrected chi connectivity index (χ1v) is 5.96. The third-order valence-corrected chi connectivity index (χ3v) is 2.39. The van der Waals surface area contributed by atoms with E-state index in [4.69, 9.17) is 4.74 Å². The lowest BCUT2D eigenvalue weighted by Gasteiger charge is -2.15. The van der Waals surface area contributed by atoms with Crippen molar-refractivity contribution in [2.45, 2.75) is 71.8 Å². The fourth-order valence-electron chi connectivity index (χ4n) is 1.49. The van der Waals surface area contributed by atoms with Crippen LogP contribution in [0.4, 0.5) is 0 Å². The minimum Gasteiger partial charge on any atom is -0.378 e. The van der Waals surface area contributed by atoms with Gasteiger partial charge in [0, 0.05) is 6.61 Å². The Kier molecular flexibility index (Phi) is 10.0. The Labute approximate surface area is 83.9 Å². The molecule has 0 N–H and O–H groups in total. The van der Waals surface area contributed by atoms with E-state index >= 15 is 0 Å². The SMILES string of the molecule is CCCCCC[C@@H](CC)OCCC. The lowest BCUT2D eigenvalue weighted by molar-refractivity contribution is 0.0436. The molecule has 80 valence electrons. The summed E-state index contributed by atoms with van der Waals surface area (Å²) in [6.07, 6.45) is 9.53. The van der Waals surface area contributed by atoms with Gasteiger partial charge in [-0.15, -0.1) is 0 Å². The fourth-order valence-corrected chi connectivity index (χ4v) is 1.49. The molecule has 0 saturated carbocycles. The summed E-state index contributed by atoms with van der Waals surface area (Å²) in [7, 11) is 0. The molecule has 0 aromatic carbocycles. The topological polar surface area (TPSA) is 9.23 Å². The van der Waals surface area contributed by atoms with Crippen LogP contribution >= 0.6 is 0 Å². The van der Waals surface area contributed by atoms with Crippen molar-refractivity contribution < 1.29 is 4.74 Å². The van der Waals surface area contributed by atoms with Crippen LogP contribution in [-0.4, -0.2) is 12.7 Å². The average molecular weight is 186 g/mol. The molecule has 0 fully saturated rings. The maximum absolute atomic E-state index is 5.72. The van der Waals surface area contributed by atoms with Crippen molar-refractivity contribution in [1.29, 1.82) is 0 Å². The zero-order valence-corrected chi connectivity index (χ0v) is 9.64. The van der Waals surface area contributed by atoms with Gasteiger partial charge in [0.05, 0.1) is 6.10 Å². The van der Waals surface area contributed by atoms with Gasteiger partial charge in [-0.1, -0.05) is 46.5 Å². The van der Waals surface area contributed by atoms with Gasteiger partial charge in [0.1, 0.15) is 0 Å². The number of ether oxygens (including phenoxy) is 1. The lowest BCUT2D eigenvalue weighted by Crippen LogP contribution is -2.12. The van der Waals surface area contributed by atoms with Gasteiger partial charge in [0.25, 0.3) is 0 Å². The van der Waals surface area contributed by atoms with Crippen LogP contribution in [0.1, 0.15) is 65.7 Å². The molecule has 0 amide bonds. The Balaban J connectivity index is 3.25. The third kappa shape index (κ3) is 8.29. The van der Waals surface area contributed by atoms with Gasteiger partial charge in [0.15, 0.2) is 0 Å². The van der Waals surface area contributed by atoms with E-state index in [9.17, 15) is 0 Å². The van der Waals surface area contributed by atoms with Crippen LogP contribution in [0.3, 0.4) is 0 Å². The summed E-state index contributed by atoms with van der Waals surface area (Å²) < 4.78 is 5.72. The smallest absolute Gasteiger partial charge is 0.0572 e. The molecule has 0 bridgehead atoms. The van der Waals surface area contributed by atoms with Crippen molar-refractivity contribution in [3.05, 3.63) is 0 Å². The number of rotatable bonds is 9. The average Bonchev–Trinajstić information content (AvgIpc) is 2.17. The molecule has 0 heterocycles. The van der Waals surface area contributed by atoms with E-state index in [1.165, 1.54) is 38.5 Å². The van der Waals surface area contributed by atoms with Gasteiger partial charge in [-0.25, -0.2) is 0 Å². The number of hydrogen-bond donors (Lipinski definition) is 0. The van der Waals surface area contributed by atoms with E-state index < -0.39 is 0 Å². The molecule has 0 saturated heterocycles. The quantitative estimate of drug-likeness (QED) is 0.491. The van der Waals surface area contributed by atoms with Gasteiger partial charge < -0.3 is 4.74 Å². The minimum absolute atomic E-state index is 0.525. The molecule has 1 heteroatoms. The second-order valence-electron chi connectivity index (χ2n) is 3.75. The highest BCUT2D eigenvalue weighted by molar-refractivity contribution is 4.55. The lowest BCUT2D eigenvalue weighted by atomic mass is 10.1. The first-order chi connectivity index (χ1) is 6.35. The molecule has 1 nitrogen and oxygen atoms in total. The molecule has 1 atom stereocenters. The predicted molar refractivity (Wildman–Crippen MR) is 59.1 cm³/mol. The molecule has 0 rings (SSSR count). The first kappa shape index (κ1) is 13.0. The summed E-state index contributed by atoms with van der Waals surface area (Å²) in [5, 5.41) is 0. The van der Waals surface area contributed by atoms with Crippen molar-refractivity contribution in [1.82, 2.24) is 0 Å². The van der Waals surface area contributed by atoms with E-state index in [2.05, 4.69) is 20.8 Å². The third-order valence-electron chi connectivity index (χ3n) is 2.39. The van der Waals surface area contributed by atoms with E-state index in [0.29, 0.717) is 6.10 Å². The van der Waals surface area contributed by atoms with Crippen molar-refractivity contribution in [3.8, 4) is 0 Å². The minimum atomic E-state index is 0.525. The van der Waals surface area contributed by atoms with Crippen molar-refractivity contribution >= 4 is 0 Å². The molecule has 0 aliphatic heterocycles. The number of unbranched alkanes of at least 4 members (excludes halogenated alkanes) is 3. The van der Waals surface area contributed by atoms with Crippen molar-refractivity contribution in [2.24, 2.45) is 0 Å². The van der Waals surface area contributed by atoms with Crippen LogP contribution < -0.4 is 0 Å². The largest absolute Gasteiger partial charge is 0.378 e. The maximum Gasteiger partial charge on any atom is 0.0572 e. The van der Waals surface area contributed by atoms with Crippen molar-refractivity contribution in [2.75, 3.05) is 6.61 Å². The molecular formula is C12H26O. The van der Waals surface area contributed by atoms with Crippen LogP contribution in [-0.2, 0) is 4.74 Å². The molecule has 0 aromatic heterocycles. The Morgan fingerprint density at radius 2 is 1.69 bits per heavy atom. The highest BCUT2D eigenvalue weighted by Crippen LogP contribution is 2.11. The van der Waals surface area contributed by atoms with Gasteiger partial charge in [0.2, 0.25) is 0 Å². The molecule has 0 aliphatic carbocycles. The Morgan fingerprint density at radius 1 is 0.923 bits per heavy atom. The van der Waals surface area contributed by atoms with Crippen LogP contribution in [0.15, 0.2) is 0 Å². The second-order valence-corrected chi connectivity index (χ2v) is 3.75. The van der Waals surface area contributed by atoms with Gasteiger partial charge >= 0.3 is 0 Å². The molecular weight excluding hydrogens is 160 g/mol. The zero-order chi connectivity index (χ0) is 9.94. The molecule has 0 aromatic rings. The molecule has 0 unspecified atom stereocenters. The summed E-state index contributed by atoms with van der Waals surface area (Å²) >= 11 is 0. The summed E-state index contributed by atoms with van der Waals surface area (Å²) in [5.74, 6) is 0. The standard InChI is InChI=1S/C12H26O/c1-4-7-8-9-10-12(6-3)13-11-5-2/h12H,4-11H2,1-3H3/t12-/m1/s1. The fraction of sp³-hybridized carbons (Fsp3) is 1.00. The predicted octanol–water partition coefficient (Wildman–Crippen LogP) is 4.16. The van der Waals surface area contributed by atoms with E-state index in [1.54, 1.807) is 0 Å². The van der Waals surface area contributed by atoms with Crippen LogP contribution in [0.25, 0.3) is 0 Å². The van der Waals surface area contributed by atoms with Crippen LogP contribution in [0.2, 0.25) is 0 Å². The highest BCUT2D eigenvalue weighted by Gasteiger charge is 2.04. The highest BCUT2D eigenvalue weighted by atomic mass is 16.5. The summed E-state index contributed by atoms with van der Waals surface area (Å²) in [6.45, 7) is 7.58. The number of hydrogen-bond acceptors (Lipinski definition) is 1. The normalized spacial score (nSPS) is 13.2. The molecule has 13 heavy (non-hydrogen) atoms. The molecule has 0 spiro atoms.